The summed E-state index contributed by atoms with van der Waals surface area (Å²) >= 11 is 5.93. The zero-order chi connectivity index (χ0) is 15.2. The molecule has 21 heavy (non-hydrogen) atoms. The Bertz CT molecular complexity index is 521. The Hall–Kier alpha value is -1.75. The Morgan fingerprint density at radius 2 is 1.90 bits per heavy atom. The van der Waals surface area contributed by atoms with E-state index in [9.17, 15) is 9.59 Å². The number of hydrogen-bond donors (Lipinski definition) is 0. The van der Waals surface area contributed by atoms with Gasteiger partial charge in [-0.2, -0.15) is 0 Å². The summed E-state index contributed by atoms with van der Waals surface area (Å²) in [7, 11) is 1.37. The van der Waals surface area contributed by atoms with E-state index in [1.54, 1.807) is 21.9 Å². The van der Waals surface area contributed by atoms with Gasteiger partial charge in [0.2, 0.25) is 5.91 Å². The van der Waals surface area contributed by atoms with Crippen molar-refractivity contribution in [3.8, 4) is 0 Å². The lowest BCUT2D eigenvalue weighted by Crippen LogP contribution is -2.37. The second-order valence-electron chi connectivity index (χ2n) is 5.00. The molecule has 6 heteroatoms. The molecule has 0 N–H and O–H groups in total. The number of methoxy groups -OCH3 is 1. The van der Waals surface area contributed by atoms with Crippen LogP contribution in [0.1, 0.15) is 12.0 Å². The van der Waals surface area contributed by atoms with Crippen LogP contribution in [-0.4, -0.2) is 55.1 Å². The summed E-state index contributed by atoms with van der Waals surface area (Å²) in [6.07, 6.45) is 0.758. The molecule has 114 valence electrons. The molecule has 1 aromatic carbocycles. The van der Waals surface area contributed by atoms with Crippen LogP contribution >= 0.6 is 11.6 Å². The maximum absolute atomic E-state index is 12.3. The Labute approximate surface area is 129 Å². The van der Waals surface area contributed by atoms with Gasteiger partial charge in [-0.3, -0.25) is 4.79 Å². The van der Waals surface area contributed by atoms with Gasteiger partial charge in [0.25, 0.3) is 0 Å². The fourth-order valence-corrected chi connectivity index (χ4v) is 2.62. The van der Waals surface area contributed by atoms with Crippen molar-refractivity contribution < 1.29 is 14.3 Å². The number of carbonyl (C=O) groups is 2. The fourth-order valence-electron chi connectivity index (χ4n) is 2.41. The summed E-state index contributed by atoms with van der Waals surface area (Å²) in [5.41, 5.74) is 0.904. The highest BCUT2D eigenvalue weighted by Crippen LogP contribution is 2.13. The van der Waals surface area contributed by atoms with Gasteiger partial charge in [0.1, 0.15) is 0 Å². The average Bonchev–Trinajstić information content (AvgIpc) is 2.72. The molecule has 1 fully saturated rings. The van der Waals surface area contributed by atoms with Gasteiger partial charge in [0, 0.05) is 31.2 Å². The lowest BCUT2D eigenvalue weighted by atomic mass is 10.1. The monoisotopic (exact) mass is 310 g/mol. The highest BCUT2D eigenvalue weighted by atomic mass is 35.5. The summed E-state index contributed by atoms with van der Waals surface area (Å²) in [5.74, 6) is 0.0592. The van der Waals surface area contributed by atoms with Gasteiger partial charge in [-0.15, -0.1) is 0 Å². The van der Waals surface area contributed by atoms with Gasteiger partial charge in [-0.05, 0) is 24.1 Å². The molecule has 0 saturated carbocycles. The first-order valence-electron chi connectivity index (χ1n) is 6.95. The van der Waals surface area contributed by atoms with Gasteiger partial charge >= 0.3 is 6.09 Å². The third-order valence-electron chi connectivity index (χ3n) is 3.53. The van der Waals surface area contributed by atoms with Gasteiger partial charge in [0.05, 0.1) is 13.5 Å². The number of amides is 2. The largest absolute Gasteiger partial charge is 0.453 e. The predicted octanol–water partition coefficient (Wildman–Crippen LogP) is 2.18. The van der Waals surface area contributed by atoms with Crippen LogP contribution in [0, 0.1) is 0 Å². The zero-order valence-electron chi connectivity index (χ0n) is 12.0. The second-order valence-corrected chi connectivity index (χ2v) is 5.43. The number of ether oxygens (including phenoxy) is 1. The van der Waals surface area contributed by atoms with E-state index in [1.807, 2.05) is 12.1 Å². The molecule has 1 aliphatic heterocycles. The number of rotatable bonds is 2. The highest BCUT2D eigenvalue weighted by molar-refractivity contribution is 6.30. The van der Waals surface area contributed by atoms with Crippen molar-refractivity contribution in [3.05, 3.63) is 34.9 Å². The van der Waals surface area contributed by atoms with Gasteiger partial charge in [-0.1, -0.05) is 23.7 Å². The van der Waals surface area contributed by atoms with Crippen molar-refractivity contribution in [1.29, 1.82) is 0 Å². The molecule has 1 aromatic rings. The van der Waals surface area contributed by atoms with E-state index in [2.05, 4.69) is 0 Å². The van der Waals surface area contributed by atoms with Gasteiger partial charge in [-0.25, -0.2) is 4.79 Å². The predicted molar refractivity (Wildman–Crippen MR) is 80.3 cm³/mol. The lowest BCUT2D eigenvalue weighted by Gasteiger charge is -2.21. The topological polar surface area (TPSA) is 49.9 Å². The summed E-state index contributed by atoms with van der Waals surface area (Å²) in [4.78, 5) is 27.3. The van der Waals surface area contributed by atoms with Crippen LogP contribution in [0.5, 0.6) is 0 Å². The maximum atomic E-state index is 12.3. The molecular formula is C15H19ClN2O3. The van der Waals surface area contributed by atoms with Crippen LogP contribution in [0.15, 0.2) is 24.3 Å². The molecule has 2 rings (SSSR count). The summed E-state index contributed by atoms with van der Waals surface area (Å²) in [6, 6.07) is 7.32. The minimum Gasteiger partial charge on any atom is -0.453 e. The van der Waals surface area contributed by atoms with E-state index in [0.29, 0.717) is 37.6 Å². The van der Waals surface area contributed by atoms with Crippen LogP contribution in [0.25, 0.3) is 0 Å². The maximum Gasteiger partial charge on any atom is 0.409 e. The minimum atomic E-state index is -0.334. The number of carbonyl (C=O) groups excluding carboxylic acids is 2. The Morgan fingerprint density at radius 1 is 1.19 bits per heavy atom. The van der Waals surface area contributed by atoms with E-state index in [0.717, 1.165) is 12.0 Å². The normalized spacial score (nSPS) is 15.5. The number of benzene rings is 1. The molecule has 0 aromatic heterocycles. The van der Waals surface area contributed by atoms with E-state index in [1.165, 1.54) is 7.11 Å². The Kier molecular flexibility index (Phi) is 5.44. The van der Waals surface area contributed by atoms with E-state index >= 15 is 0 Å². The molecular weight excluding hydrogens is 292 g/mol. The standard InChI is InChI=1S/C15H19ClN2O3/c1-21-15(20)18-7-3-6-17(8-9-18)14(19)11-12-4-2-5-13(16)10-12/h2,4-5,10H,3,6-9,11H2,1H3. The van der Waals surface area contributed by atoms with Crippen LogP contribution in [0.4, 0.5) is 4.79 Å². The van der Waals surface area contributed by atoms with Crippen molar-refractivity contribution in [3.63, 3.8) is 0 Å². The minimum absolute atomic E-state index is 0.0592. The molecule has 5 nitrogen and oxygen atoms in total. The molecule has 1 heterocycles. The molecule has 0 aliphatic carbocycles. The van der Waals surface area contributed by atoms with E-state index < -0.39 is 0 Å². The quantitative estimate of drug-likeness (QED) is 0.841. The first-order chi connectivity index (χ1) is 10.1. The second kappa shape index (κ2) is 7.31. The summed E-state index contributed by atoms with van der Waals surface area (Å²) in [6.45, 7) is 2.32. The molecule has 0 bridgehead atoms. The van der Waals surface area contributed by atoms with Crippen LogP contribution in [0.2, 0.25) is 5.02 Å². The zero-order valence-corrected chi connectivity index (χ0v) is 12.8. The van der Waals surface area contributed by atoms with Crippen LogP contribution < -0.4 is 0 Å². The number of hydrogen-bond acceptors (Lipinski definition) is 3. The van der Waals surface area contributed by atoms with Crippen molar-refractivity contribution in [2.75, 3.05) is 33.3 Å². The van der Waals surface area contributed by atoms with Crippen LogP contribution in [0.3, 0.4) is 0 Å². The molecule has 0 unspecified atom stereocenters. The molecule has 0 atom stereocenters. The van der Waals surface area contributed by atoms with Gasteiger partial charge in [0.15, 0.2) is 0 Å². The SMILES string of the molecule is COC(=O)N1CCCN(C(=O)Cc2cccc(Cl)c2)CC1. The van der Waals surface area contributed by atoms with Gasteiger partial charge < -0.3 is 14.5 Å². The molecule has 2 amide bonds. The average molecular weight is 311 g/mol. The Morgan fingerprint density at radius 3 is 2.62 bits per heavy atom. The van der Waals surface area contributed by atoms with Crippen molar-refractivity contribution in [2.45, 2.75) is 12.8 Å². The van der Waals surface area contributed by atoms with E-state index in [4.69, 9.17) is 16.3 Å². The highest BCUT2D eigenvalue weighted by Gasteiger charge is 2.22. The smallest absolute Gasteiger partial charge is 0.409 e. The number of nitrogens with zero attached hydrogens (tertiary/aromatic N) is 2. The third-order valence-corrected chi connectivity index (χ3v) is 3.76. The third kappa shape index (κ3) is 4.36. The number of halogens is 1. The lowest BCUT2D eigenvalue weighted by molar-refractivity contribution is -0.130. The Balaban J connectivity index is 1.92. The van der Waals surface area contributed by atoms with Crippen molar-refractivity contribution in [1.82, 2.24) is 9.80 Å². The molecule has 0 spiro atoms. The summed E-state index contributed by atoms with van der Waals surface area (Å²) < 4.78 is 4.72. The van der Waals surface area contributed by atoms with Crippen molar-refractivity contribution >= 4 is 23.6 Å². The van der Waals surface area contributed by atoms with E-state index in [-0.39, 0.29) is 12.0 Å². The van der Waals surface area contributed by atoms with Crippen LogP contribution in [-0.2, 0) is 16.0 Å². The molecule has 0 radical (unpaired) electrons. The first kappa shape index (κ1) is 15.6. The molecule has 1 saturated heterocycles. The van der Waals surface area contributed by atoms with Crippen molar-refractivity contribution in [2.24, 2.45) is 0 Å². The molecule has 1 aliphatic rings. The first-order valence-corrected chi connectivity index (χ1v) is 7.33. The fraction of sp³-hybridized carbons (Fsp3) is 0.467. The summed E-state index contributed by atoms with van der Waals surface area (Å²) in [5, 5.41) is 0.632.